The number of para-hydroxylation sites is 3. The van der Waals surface area contributed by atoms with Crippen molar-refractivity contribution in [1.82, 2.24) is 14.9 Å². The van der Waals surface area contributed by atoms with Crippen LogP contribution in [0.1, 0.15) is 19.7 Å². The number of rotatable bonds is 7. The van der Waals surface area contributed by atoms with Gasteiger partial charge in [0.25, 0.3) is 0 Å². The quantitative estimate of drug-likeness (QED) is 0.644. The van der Waals surface area contributed by atoms with E-state index >= 15 is 0 Å². The molecule has 3 aromatic rings. The van der Waals surface area contributed by atoms with Gasteiger partial charge in [-0.25, -0.2) is 4.98 Å². The molecular formula is C22H24N4O2. The summed E-state index contributed by atoms with van der Waals surface area (Å²) >= 11 is 0. The Kier molecular flexibility index (Phi) is 5.89. The second-order valence-corrected chi connectivity index (χ2v) is 6.72. The van der Waals surface area contributed by atoms with Gasteiger partial charge in [-0.2, -0.15) is 0 Å². The summed E-state index contributed by atoms with van der Waals surface area (Å²) in [6, 6.07) is 17.3. The molecule has 0 atom stereocenters. The van der Waals surface area contributed by atoms with Gasteiger partial charge < -0.3 is 14.8 Å². The zero-order valence-electron chi connectivity index (χ0n) is 16.1. The number of fused-ring (bicyclic) bond motifs is 1. The van der Waals surface area contributed by atoms with Crippen molar-refractivity contribution in [2.75, 3.05) is 4.90 Å². The molecule has 2 aromatic carbocycles. The molecule has 2 amide bonds. The van der Waals surface area contributed by atoms with Gasteiger partial charge >= 0.3 is 0 Å². The third-order valence-corrected chi connectivity index (χ3v) is 4.45. The monoisotopic (exact) mass is 376 g/mol. The first-order valence-electron chi connectivity index (χ1n) is 9.22. The Labute approximate surface area is 164 Å². The summed E-state index contributed by atoms with van der Waals surface area (Å²) in [5, 5.41) is 2.74. The molecule has 0 fully saturated rings. The van der Waals surface area contributed by atoms with Gasteiger partial charge in [0.1, 0.15) is 12.4 Å². The van der Waals surface area contributed by atoms with Crippen LogP contribution in [0.5, 0.6) is 0 Å². The van der Waals surface area contributed by atoms with Crippen LogP contribution in [0.4, 0.5) is 5.69 Å². The lowest BCUT2D eigenvalue weighted by Gasteiger charge is -2.27. The number of hydrogen-bond acceptors (Lipinski definition) is 3. The van der Waals surface area contributed by atoms with Gasteiger partial charge in [0, 0.05) is 11.7 Å². The van der Waals surface area contributed by atoms with Crippen molar-refractivity contribution >= 4 is 28.5 Å². The Bertz CT molecular complexity index is 992. The van der Waals surface area contributed by atoms with E-state index in [1.165, 1.54) is 6.08 Å². The lowest BCUT2D eigenvalue weighted by Crippen LogP contribution is -2.39. The minimum absolute atomic E-state index is 0.00797. The van der Waals surface area contributed by atoms with Crippen LogP contribution in [-0.4, -0.2) is 27.4 Å². The third kappa shape index (κ3) is 4.11. The molecule has 0 bridgehead atoms. The summed E-state index contributed by atoms with van der Waals surface area (Å²) in [7, 11) is 0. The van der Waals surface area contributed by atoms with Crippen LogP contribution in [0.3, 0.4) is 0 Å². The highest BCUT2D eigenvalue weighted by Gasteiger charge is 2.21. The molecule has 0 aliphatic rings. The molecular weight excluding hydrogens is 352 g/mol. The van der Waals surface area contributed by atoms with Crippen molar-refractivity contribution in [1.29, 1.82) is 0 Å². The van der Waals surface area contributed by atoms with E-state index in [1.807, 2.05) is 73.0 Å². The van der Waals surface area contributed by atoms with Crippen LogP contribution >= 0.6 is 0 Å². The highest BCUT2D eigenvalue weighted by Crippen LogP contribution is 2.20. The topological polar surface area (TPSA) is 67.2 Å². The lowest BCUT2D eigenvalue weighted by atomic mass is 10.2. The number of hydrogen-bond donors (Lipinski definition) is 1. The third-order valence-electron chi connectivity index (χ3n) is 4.45. The Morgan fingerprint density at radius 3 is 2.50 bits per heavy atom. The van der Waals surface area contributed by atoms with Gasteiger partial charge in [-0.15, -0.1) is 0 Å². The number of imidazole rings is 1. The summed E-state index contributed by atoms with van der Waals surface area (Å²) in [6.07, 6.45) is 1.22. The average molecular weight is 376 g/mol. The van der Waals surface area contributed by atoms with E-state index in [1.54, 1.807) is 4.90 Å². The molecule has 1 heterocycles. The van der Waals surface area contributed by atoms with Crippen LogP contribution in [0.25, 0.3) is 11.0 Å². The van der Waals surface area contributed by atoms with Crippen LogP contribution in [0.2, 0.25) is 0 Å². The van der Waals surface area contributed by atoms with Crippen LogP contribution in [-0.2, 0) is 22.7 Å². The molecule has 6 heteroatoms. The number of benzene rings is 2. The maximum Gasteiger partial charge on any atom is 0.247 e. The second kappa shape index (κ2) is 8.52. The molecule has 0 aliphatic carbocycles. The molecule has 0 saturated heterocycles. The largest absolute Gasteiger partial charge is 0.345 e. The lowest BCUT2D eigenvalue weighted by molar-refractivity contribution is -0.119. The minimum atomic E-state index is -0.280. The molecule has 0 unspecified atom stereocenters. The Balaban J connectivity index is 1.94. The molecule has 0 spiro atoms. The van der Waals surface area contributed by atoms with Gasteiger partial charge in [0.05, 0.1) is 17.6 Å². The van der Waals surface area contributed by atoms with E-state index in [9.17, 15) is 9.59 Å². The minimum Gasteiger partial charge on any atom is -0.345 e. The first-order chi connectivity index (χ1) is 13.5. The zero-order valence-corrected chi connectivity index (χ0v) is 16.1. The molecule has 1 N–H and O–H groups in total. The number of anilines is 1. The Morgan fingerprint density at radius 1 is 1.14 bits per heavy atom. The standard InChI is InChI=1S/C22H24N4O2/c1-4-21(27)23-14-20-24-18-12-8-9-13-19(18)25(20)15-22(28)26(16(2)3)17-10-6-5-7-11-17/h4-13,16H,1,14-15H2,2-3H3,(H,23,27). The fourth-order valence-corrected chi connectivity index (χ4v) is 3.21. The fourth-order valence-electron chi connectivity index (χ4n) is 3.21. The van der Waals surface area contributed by atoms with E-state index in [0.717, 1.165) is 16.7 Å². The first-order valence-corrected chi connectivity index (χ1v) is 9.22. The Morgan fingerprint density at radius 2 is 1.82 bits per heavy atom. The van der Waals surface area contributed by atoms with Gasteiger partial charge in [-0.3, -0.25) is 9.59 Å². The summed E-state index contributed by atoms with van der Waals surface area (Å²) in [4.78, 5) is 31.2. The number of amides is 2. The zero-order chi connectivity index (χ0) is 20.1. The fraction of sp³-hybridized carbons (Fsp3) is 0.227. The predicted octanol–water partition coefficient (Wildman–Crippen LogP) is 3.28. The van der Waals surface area contributed by atoms with Crippen molar-refractivity contribution in [2.45, 2.75) is 33.0 Å². The Hall–Kier alpha value is -3.41. The number of carbonyl (C=O) groups excluding carboxylic acids is 2. The normalized spacial score (nSPS) is 10.8. The van der Waals surface area contributed by atoms with E-state index in [-0.39, 0.29) is 30.9 Å². The van der Waals surface area contributed by atoms with Crippen LogP contribution in [0, 0.1) is 0 Å². The van der Waals surface area contributed by atoms with E-state index in [0.29, 0.717) is 5.82 Å². The molecule has 0 radical (unpaired) electrons. The van der Waals surface area contributed by atoms with Crippen LogP contribution in [0.15, 0.2) is 67.3 Å². The number of carbonyl (C=O) groups is 2. The molecule has 3 rings (SSSR count). The van der Waals surface area contributed by atoms with Crippen molar-refractivity contribution in [3.63, 3.8) is 0 Å². The predicted molar refractivity (Wildman–Crippen MR) is 111 cm³/mol. The number of nitrogens with zero attached hydrogens (tertiary/aromatic N) is 3. The first kappa shape index (κ1) is 19.4. The number of aromatic nitrogens is 2. The second-order valence-electron chi connectivity index (χ2n) is 6.72. The van der Waals surface area contributed by atoms with Gasteiger partial charge in [-0.05, 0) is 44.2 Å². The summed E-state index contributed by atoms with van der Waals surface area (Å²) in [5.41, 5.74) is 2.50. The van der Waals surface area contributed by atoms with Crippen LogP contribution < -0.4 is 10.2 Å². The van der Waals surface area contributed by atoms with Gasteiger partial charge in [0.2, 0.25) is 11.8 Å². The maximum absolute atomic E-state index is 13.2. The molecule has 0 saturated carbocycles. The highest BCUT2D eigenvalue weighted by molar-refractivity contribution is 5.94. The molecule has 6 nitrogen and oxygen atoms in total. The number of nitrogens with one attached hydrogen (secondary N) is 1. The summed E-state index contributed by atoms with van der Waals surface area (Å²) < 4.78 is 1.86. The summed E-state index contributed by atoms with van der Waals surface area (Å²) in [5.74, 6) is 0.306. The van der Waals surface area contributed by atoms with E-state index < -0.39 is 0 Å². The summed E-state index contributed by atoms with van der Waals surface area (Å²) in [6.45, 7) is 7.79. The highest BCUT2D eigenvalue weighted by atomic mass is 16.2. The smallest absolute Gasteiger partial charge is 0.247 e. The maximum atomic E-state index is 13.2. The molecule has 1 aromatic heterocycles. The van der Waals surface area contributed by atoms with Crippen molar-refractivity contribution < 1.29 is 9.59 Å². The SMILES string of the molecule is C=CC(=O)NCc1nc2ccccc2n1CC(=O)N(c1ccccc1)C(C)C. The van der Waals surface area contributed by atoms with Gasteiger partial charge in [0.15, 0.2) is 0 Å². The van der Waals surface area contributed by atoms with E-state index in [2.05, 4.69) is 16.9 Å². The molecule has 144 valence electrons. The van der Waals surface area contributed by atoms with Crippen molar-refractivity contribution in [3.8, 4) is 0 Å². The van der Waals surface area contributed by atoms with E-state index in [4.69, 9.17) is 0 Å². The van der Waals surface area contributed by atoms with Gasteiger partial charge in [-0.1, -0.05) is 36.9 Å². The molecule has 28 heavy (non-hydrogen) atoms. The van der Waals surface area contributed by atoms with Crippen molar-refractivity contribution in [3.05, 3.63) is 73.1 Å². The molecule has 0 aliphatic heterocycles. The van der Waals surface area contributed by atoms with Crippen molar-refractivity contribution in [2.24, 2.45) is 0 Å². The average Bonchev–Trinajstić information content (AvgIpc) is 3.04.